The van der Waals surface area contributed by atoms with E-state index in [9.17, 15) is 4.79 Å². The van der Waals surface area contributed by atoms with E-state index >= 15 is 0 Å². The van der Waals surface area contributed by atoms with Crippen LogP contribution in [0.4, 0.5) is 0 Å². The zero-order valence-corrected chi connectivity index (χ0v) is 14.3. The minimum Gasteiger partial charge on any atom is -0.332 e. The zero-order chi connectivity index (χ0) is 16.1. The lowest BCUT2D eigenvalue weighted by Gasteiger charge is -2.26. The molecule has 1 aromatic heterocycles. The largest absolute Gasteiger partial charge is 0.332 e. The Morgan fingerprint density at radius 2 is 2.26 bits per heavy atom. The molecule has 5 heteroatoms. The average molecular weight is 327 g/mol. The molecular formula is C18H21N3OS. The zero-order valence-electron chi connectivity index (χ0n) is 13.5. The molecule has 0 radical (unpaired) electrons. The van der Waals surface area contributed by atoms with Crippen molar-refractivity contribution in [3.05, 3.63) is 40.5 Å². The van der Waals surface area contributed by atoms with Gasteiger partial charge in [-0.3, -0.25) is 4.79 Å². The van der Waals surface area contributed by atoms with Gasteiger partial charge in [0.15, 0.2) is 0 Å². The van der Waals surface area contributed by atoms with Crippen LogP contribution in [-0.4, -0.2) is 34.9 Å². The minimum absolute atomic E-state index is 0.0495. The molecule has 0 spiro atoms. The summed E-state index contributed by atoms with van der Waals surface area (Å²) in [6.45, 7) is 5.42. The van der Waals surface area contributed by atoms with E-state index in [1.807, 2.05) is 17.9 Å². The van der Waals surface area contributed by atoms with Gasteiger partial charge < -0.3 is 10.6 Å². The second-order valence-electron chi connectivity index (χ2n) is 6.70. The first-order valence-electron chi connectivity index (χ1n) is 8.14. The van der Waals surface area contributed by atoms with Crippen molar-refractivity contribution in [2.45, 2.75) is 26.3 Å². The maximum Gasteiger partial charge on any atom is 0.274 e. The van der Waals surface area contributed by atoms with Gasteiger partial charge in [-0.2, -0.15) is 0 Å². The third-order valence-corrected chi connectivity index (χ3v) is 6.04. The van der Waals surface area contributed by atoms with E-state index in [2.05, 4.69) is 30.1 Å². The number of carbonyl (C=O) groups excluding carboxylic acids is 1. The molecule has 2 fully saturated rings. The van der Waals surface area contributed by atoms with Gasteiger partial charge in [-0.25, -0.2) is 4.98 Å². The molecule has 1 saturated carbocycles. The van der Waals surface area contributed by atoms with Crippen LogP contribution in [0.3, 0.4) is 0 Å². The van der Waals surface area contributed by atoms with E-state index in [1.54, 1.807) is 11.3 Å². The molecule has 1 saturated heterocycles. The fourth-order valence-corrected chi connectivity index (χ4v) is 4.70. The number of benzene rings is 1. The number of nitrogens with two attached hydrogens (primary N) is 1. The highest BCUT2D eigenvalue weighted by atomic mass is 32.1. The van der Waals surface area contributed by atoms with Gasteiger partial charge in [0.2, 0.25) is 0 Å². The molecule has 2 heterocycles. The number of aromatic nitrogens is 1. The van der Waals surface area contributed by atoms with Crippen LogP contribution in [0.25, 0.3) is 10.4 Å². The number of rotatable bonds is 3. The molecule has 4 rings (SSSR count). The van der Waals surface area contributed by atoms with Crippen molar-refractivity contribution in [2.24, 2.45) is 17.6 Å². The molecule has 4 nitrogen and oxygen atoms in total. The fraction of sp³-hybridized carbons (Fsp3) is 0.444. The predicted octanol–water partition coefficient (Wildman–Crippen LogP) is 2.85. The van der Waals surface area contributed by atoms with Crippen molar-refractivity contribution >= 4 is 17.2 Å². The number of hydrogen-bond acceptors (Lipinski definition) is 4. The number of carbonyl (C=O) groups is 1. The minimum atomic E-state index is 0.0495. The number of nitrogens with zero attached hydrogens (tertiary/aromatic N) is 2. The third-order valence-electron chi connectivity index (χ3n) is 5.02. The summed E-state index contributed by atoms with van der Waals surface area (Å²) in [5.41, 5.74) is 8.78. The first-order valence-corrected chi connectivity index (χ1v) is 8.95. The van der Waals surface area contributed by atoms with E-state index < -0.39 is 0 Å². The smallest absolute Gasteiger partial charge is 0.274 e. The molecule has 2 aliphatic rings. The van der Waals surface area contributed by atoms with Crippen molar-refractivity contribution in [1.82, 2.24) is 9.88 Å². The molecule has 1 aliphatic heterocycles. The summed E-state index contributed by atoms with van der Waals surface area (Å²) >= 11 is 1.59. The summed E-state index contributed by atoms with van der Waals surface area (Å²) in [6, 6.07) is 8.46. The Morgan fingerprint density at radius 1 is 1.43 bits per heavy atom. The number of aryl methyl sites for hydroxylation is 2. The summed E-state index contributed by atoms with van der Waals surface area (Å²) in [4.78, 5) is 20.6. The van der Waals surface area contributed by atoms with Crippen LogP contribution < -0.4 is 5.73 Å². The van der Waals surface area contributed by atoms with Crippen LogP contribution in [0, 0.1) is 25.7 Å². The molecule has 23 heavy (non-hydrogen) atoms. The molecule has 2 unspecified atom stereocenters. The van der Waals surface area contributed by atoms with Gasteiger partial charge in [-0.05, 0) is 37.7 Å². The maximum atomic E-state index is 13.1. The summed E-state index contributed by atoms with van der Waals surface area (Å²) in [6.07, 6.45) is 1.23. The average Bonchev–Trinajstić information content (AvgIpc) is 3.03. The summed E-state index contributed by atoms with van der Waals surface area (Å²) in [5.74, 6) is 1.33. The lowest BCUT2D eigenvalue weighted by Crippen LogP contribution is -2.43. The van der Waals surface area contributed by atoms with Crippen LogP contribution in [0.1, 0.15) is 27.5 Å². The Bertz CT molecular complexity index is 769. The van der Waals surface area contributed by atoms with Crippen molar-refractivity contribution in [3.8, 4) is 10.4 Å². The van der Waals surface area contributed by atoms with E-state index in [-0.39, 0.29) is 11.9 Å². The summed E-state index contributed by atoms with van der Waals surface area (Å²) in [5, 5.41) is 0.929. The Kier molecular flexibility index (Phi) is 3.50. The van der Waals surface area contributed by atoms with Gasteiger partial charge >= 0.3 is 0 Å². The number of amides is 1. The number of piperidine rings is 1. The molecular weight excluding hydrogens is 306 g/mol. The molecule has 2 N–H and O–H groups in total. The van der Waals surface area contributed by atoms with E-state index in [4.69, 9.17) is 5.73 Å². The lowest BCUT2D eigenvalue weighted by molar-refractivity contribution is 0.0708. The second kappa shape index (κ2) is 5.42. The molecule has 2 aromatic rings. The summed E-state index contributed by atoms with van der Waals surface area (Å²) < 4.78 is 0. The number of likely N-dealkylation sites (tertiary alicyclic amines) is 1. The quantitative estimate of drug-likeness (QED) is 0.943. The highest BCUT2D eigenvalue weighted by Crippen LogP contribution is 2.49. The van der Waals surface area contributed by atoms with Gasteiger partial charge in [0, 0.05) is 19.1 Å². The number of hydrogen-bond donors (Lipinski definition) is 1. The Hall–Kier alpha value is -1.72. The van der Waals surface area contributed by atoms with Gasteiger partial charge in [0.1, 0.15) is 5.69 Å². The molecule has 120 valence electrons. The molecule has 0 bridgehead atoms. The van der Waals surface area contributed by atoms with E-state index in [0.717, 1.165) is 22.0 Å². The van der Waals surface area contributed by atoms with Gasteiger partial charge in [0.25, 0.3) is 5.91 Å². The summed E-state index contributed by atoms with van der Waals surface area (Å²) in [7, 11) is 0. The first-order chi connectivity index (χ1) is 11.1. The topological polar surface area (TPSA) is 59.2 Å². The molecule has 1 aromatic carbocycles. The van der Waals surface area contributed by atoms with Crippen molar-refractivity contribution in [3.63, 3.8) is 0 Å². The third kappa shape index (κ3) is 2.48. The van der Waals surface area contributed by atoms with E-state index in [1.165, 1.54) is 12.0 Å². The molecule has 3 atom stereocenters. The van der Waals surface area contributed by atoms with Gasteiger partial charge in [-0.1, -0.05) is 29.8 Å². The van der Waals surface area contributed by atoms with Gasteiger partial charge in [-0.15, -0.1) is 11.3 Å². The van der Waals surface area contributed by atoms with Crippen molar-refractivity contribution < 1.29 is 4.79 Å². The van der Waals surface area contributed by atoms with Crippen LogP contribution in [0.2, 0.25) is 0 Å². The highest BCUT2D eigenvalue weighted by Gasteiger charge is 2.53. The van der Waals surface area contributed by atoms with Crippen LogP contribution in [0.15, 0.2) is 24.3 Å². The van der Waals surface area contributed by atoms with Gasteiger partial charge in [0.05, 0.1) is 9.88 Å². The number of fused-ring (bicyclic) bond motifs is 1. The normalized spacial score (nSPS) is 25.5. The Morgan fingerprint density at radius 3 is 3.00 bits per heavy atom. The van der Waals surface area contributed by atoms with Crippen LogP contribution in [-0.2, 0) is 0 Å². The molecule has 1 amide bonds. The predicted molar refractivity (Wildman–Crippen MR) is 92.5 cm³/mol. The van der Waals surface area contributed by atoms with Crippen molar-refractivity contribution in [1.29, 1.82) is 0 Å². The Labute approximate surface area is 140 Å². The number of thiazole rings is 1. The fourth-order valence-electron chi connectivity index (χ4n) is 3.80. The monoisotopic (exact) mass is 327 g/mol. The highest BCUT2D eigenvalue weighted by molar-refractivity contribution is 7.15. The van der Waals surface area contributed by atoms with Crippen LogP contribution >= 0.6 is 11.3 Å². The van der Waals surface area contributed by atoms with Crippen LogP contribution in [0.5, 0.6) is 0 Å². The van der Waals surface area contributed by atoms with Crippen molar-refractivity contribution in [2.75, 3.05) is 13.1 Å². The SMILES string of the molecule is Cc1cccc(-c2sc(C)nc2C(=O)N2C[C@H]3CC3C2CN)c1. The van der Waals surface area contributed by atoms with E-state index in [0.29, 0.717) is 24.1 Å². The second-order valence-corrected chi connectivity index (χ2v) is 7.90. The maximum absolute atomic E-state index is 13.1. The Balaban J connectivity index is 1.70. The standard InChI is InChI=1S/C18H21N3OS/c1-10-4-3-5-12(6-10)17-16(20-11(2)23-17)18(22)21-9-13-7-14(13)15(21)8-19/h3-6,13-15H,7-9,19H2,1-2H3/t13-,14?,15?/m1/s1. The lowest BCUT2D eigenvalue weighted by atomic mass is 10.1. The molecule has 1 aliphatic carbocycles. The first kappa shape index (κ1) is 14.8.